The Morgan fingerprint density at radius 2 is 1.20 bits per heavy atom. The van der Waals surface area contributed by atoms with Crippen LogP contribution in [0.2, 0.25) is 0 Å². The molecule has 0 aromatic rings. The second kappa shape index (κ2) is 5.85. The van der Waals surface area contributed by atoms with Crippen LogP contribution in [0.15, 0.2) is 0 Å². The summed E-state index contributed by atoms with van der Waals surface area (Å²) in [5, 5.41) is 0. The number of hydrogen-bond acceptors (Lipinski definition) is 1. The van der Waals surface area contributed by atoms with Crippen LogP contribution in [-0.2, 0) is 15.4 Å². The van der Waals surface area contributed by atoms with Crippen molar-refractivity contribution >= 4 is 18.4 Å². The zero-order valence-corrected chi connectivity index (χ0v) is 6.72. The van der Waals surface area contributed by atoms with Gasteiger partial charge in [-0.05, 0) is 0 Å². The molecule has 0 saturated heterocycles. The molecule has 0 aliphatic carbocycles. The summed E-state index contributed by atoms with van der Waals surface area (Å²) in [7, 11) is -4.29. The Hall–Kier alpha value is 0.0949. The molecule has 64 valence electrons. The minimum Gasteiger partial charge on any atom is -0.418 e. The van der Waals surface area contributed by atoms with Gasteiger partial charge in [0, 0.05) is 0 Å². The van der Waals surface area contributed by atoms with Gasteiger partial charge in [-0.15, -0.1) is 0 Å². The minimum absolute atomic E-state index is 0.177. The van der Waals surface area contributed by atoms with E-state index in [0.717, 1.165) is 0 Å². The maximum absolute atomic E-state index is 9.75. The molecule has 0 aromatic heterocycles. The average molecular weight is 180 g/mol. The Morgan fingerprint density at radius 1 is 1.10 bits per heavy atom. The highest BCUT2D eigenvalue weighted by Crippen LogP contribution is 2.06. The average Bonchev–Trinajstić information content (AvgIpc) is 1.61. The van der Waals surface area contributed by atoms with E-state index in [1.165, 1.54) is 0 Å². The quantitative estimate of drug-likeness (QED) is 0.339. The Bertz CT molecular complexity index is 69.4. The van der Waals surface area contributed by atoms with Gasteiger partial charge in [-0.25, -0.2) is 0 Å². The van der Waals surface area contributed by atoms with Crippen molar-refractivity contribution < 1.29 is 21.4 Å². The fourth-order valence-electron chi connectivity index (χ4n) is 0. The van der Waals surface area contributed by atoms with Gasteiger partial charge in [0.25, 0.3) is 0 Å². The van der Waals surface area contributed by atoms with Gasteiger partial charge in [0.2, 0.25) is 0 Å². The highest BCUT2D eigenvalue weighted by molar-refractivity contribution is 7.90. The van der Waals surface area contributed by atoms with E-state index < -0.39 is 7.25 Å². The molecule has 0 amide bonds. The normalized spacial score (nSPS) is 10.8. The fourth-order valence-corrected chi connectivity index (χ4v) is 0. The molecule has 0 heterocycles. The molecule has 0 radical (unpaired) electrons. The molecule has 0 aliphatic heterocycles. The first-order chi connectivity index (χ1) is 4.27. The van der Waals surface area contributed by atoms with Gasteiger partial charge >= 0.3 is 7.25 Å². The first-order valence-electron chi connectivity index (χ1n) is 2.26. The molecule has 0 spiro atoms. The van der Waals surface area contributed by atoms with Crippen LogP contribution in [0.1, 0.15) is 0 Å². The van der Waals surface area contributed by atoms with Crippen molar-refractivity contribution in [2.24, 2.45) is 0 Å². The predicted molar refractivity (Wildman–Crippen MR) is 36.4 cm³/mol. The third-order valence-corrected chi connectivity index (χ3v) is 1.00. The van der Waals surface area contributed by atoms with Crippen molar-refractivity contribution in [3.63, 3.8) is 0 Å². The molecule has 0 aliphatic rings. The summed E-state index contributed by atoms with van der Waals surface area (Å²) < 4.78 is 43.8. The van der Waals surface area contributed by atoms with E-state index >= 15 is 0 Å². The summed E-state index contributed by atoms with van der Waals surface area (Å²) in [4.78, 5) is 0. The first kappa shape index (κ1) is 12.7. The lowest BCUT2D eigenvalue weighted by atomic mass is 10.3. The number of hydrogen-bond donors (Lipinski definition) is 0. The molecule has 0 atom stereocenters. The summed E-state index contributed by atoms with van der Waals surface area (Å²) in [6.07, 6.45) is 4.06. The van der Waals surface area contributed by atoms with Crippen LogP contribution in [0.4, 0.5) is 17.3 Å². The fraction of sp³-hybridized carbons (Fsp3) is 1.00. The molecule has 0 unspecified atom stereocenters. The van der Waals surface area contributed by atoms with Gasteiger partial charge in [0.05, 0.1) is 7.11 Å². The molecule has 0 bridgehead atoms. The van der Waals surface area contributed by atoms with Crippen molar-refractivity contribution in [2.75, 3.05) is 19.6 Å². The molecule has 1 nitrogen and oxygen atoms in total. The monoisotopic (exact) mass is 180 g/mol. The van der Waals surface area contributed by atoms with Crippen LogP contribution in [0.25, 0.3) is 0 Å². The smallest absolute Gasteiger partial charge is 0.418 e. The Labute approximate surface area is 60.4 Å². The standard InChI is InChI=1S/C3H9OS.BF4/c1-4-5(2)3;2-1(3,4)5/h1-3H3;/q+1;-1. The van der Waals surface area contributed by atoms with Crippen LogP contribution in [0, 0.1) is 0 Å². The second-order valence-electron chi connectivity index (χ2n) is 1.40. The summed E-state index contributed by atoms with van der Waals surface area (Å²) in [6.45, 7) is 0. The largest absolute Gasteiger partial charge is 0.673 e. The lowest BCUT2D eigenvalue weighted by Crippen LogP contribution is -2.02. The lowest BCUT2D eigenvalue weighted by molar-refractivity contribution is 0.368. The van der Waals surface area contributed by atoms with E-state index in [0.29, 0.717) is 0 Å². The van der Waals surface area contributed by atoms with Crippen molar-refractivity contribution in [3.8, 4) is 0 Å². The molecule has 0 fully saturated rings. The summed E-state index contributed by atoms with van der Waals surface area (Å²) in [5.74, 6) is 0. The van der Waals surface area contributed by atoms with Crippen molar-refractivity contribution in [3.05, 3.63) is 0 Å². The highest BCUT2D eigenvalue weighted by atomic mass is 32.2. The van der Waals surface area contributed by atoms with E-state index in [4.69, 9.17) is 4.18 Å². The van der Waals surface area contributed by atoms with E-state index in [2.05, 4.69) is 0 Å². The van der Waals surface area contributed by atoms with Gasteiger partial charge in [-0.3, -0.25) is 0 Å². The first-order valence-corrected chi connectivity index (χ1v) is 4.23. The second-order valence-corrected chi connectivity index (χ2v) is 3.22. The van der Waals surface area contributed by atoms with Crippen LogP contribution in [-0.4, -0.2) is 26.9 Å². The van der Waals surface area contributed by atoms with Crippen LogP contribution < -0.4 is 0 Å². The summed E-state index contributed by atoms with van der Waals surface area (Å²) in [6, 6.07) is 0. The maximum atomic E-state index is 9.75. The maximum Gasteiger partial charge on any atom is 0.673 e. The van der Waals surface area contributed by atoms with E-state index in [9.17, 15) is 17.3 Å². The predicted octanol–water partition coefficient (Wildman–Crippen LogP) is 1.73. The molecule has 0 rings (SSSR count). The van der Waals surface area contributed by atoms with Gasteiger partial charge in [0.15, 0.2) is 0 Å². The summed E-state index contributed by atoms with van der Waals surface area (Å²) in [5.41, 5.74) is 0. The van der Waals surface area contributed by atoms with Crippen molar-refractivity contribution in [1.82, 2.24) is 0 Å². The Morgan fingerprint density at radius 3 is 1.20 bits per heavy atom. The summed E-state index contributed by atoms with van der Waals surface area (Å²) >= 11 is 0.177. The van der Waals surface area contributed by atoms with Crippen LogP contribution in [0.5, 0.6) is 0 Å². The van der Waals surface area contributed by atoms with Gasteiger partial charge < -0.3 is 17.3 Å². The van der Waals surface area contributed by atoms with E-state index in [-0.39, 0.29) is 11.2 Å². The third kappa shape index (κ3) is 92.8. The van der Waals surface area contributed by atoms with Crippen molar-refractivity contribution in [2.45, 2.75) is 0 Å². The zero-order valence-electron chi connectivity index (χ0n) is 5.91. The SMILES string of the molecule is CO[S+](C)C.F[B-](F)(F)F. The van der Waals surface area contributed by atoms with Gasteiger partial charge in [-0.2, -0.15) is 4.18 Å². The van der Waals surface area contributed by atoms with Crippen molar-refractivity contribution in [1.29, 1.82) is 0 Å². The minimum atomic E-state index is -6.00. The lowest BCUT2D eigenvalue weighted by Gasteiger charge is -1.94. The highest BCUT2D eigenvalue weighted by Gasteiger charge is 2.20. The Kier molecular flexibility index (Phi) is 7.45. The van der Waals surface area contributed by atoms with Crippen LogP contribution >= 0.6 is 0 Å². The van der Waals surface area contributed by atoms with E-state index in [1.54, 1.807) is 7.11 Å². The number of halogens is 4. The van der Waals surface area contributed by atoms with E-state index in [1.807, 2.05) is 12.5 Å². The molecule has 0 N–H and O–H groups in total. The number of rotatable bonds is 1. The van der Waals surface area contributed by atoms with Gasteiger partial charge in [0.1, 0.15) is 23.7 Å². The molecule has 7 heteroatoms. The molecule has 10 heavy (non-hydrogen) atoms. The molecule has 0 saturated carbocycles. The molecular weight excluding hydrogens is 171 g/mol. The zero-order chi connectivity index (χ0) is 8.78. The Balaban J connectivity index is 0. The van der Waals surface area contributed by atoms with Crippen LogP contribution in [0.3, 0.4) is 0 Å². The topological polar surface area (TPSA) is 9.23 Å². The van der Waals surface area contributed by atoms with Gasteiger partial charge in [-0.1, -0.05) is 0 Å². The third-order valence-electron chi connectivity index (χ3n) is 0.333. The molecular formula is C3H9BF4OS. The molecule has 0 aromatic carbocycles.